The van der Waals surface area contributed by atoms with Gasteiger partial charge >= 0.3 is 5.97 Å². The molecule has 0 spiro atoms. The standard InChI is InChI=1S/C23H46O2/c1-11-18(3)21(24)25-16-20(19(4)15-23(8,9)10)13-12-17(2)14-22(5,6)7/h17-20H,11-16H2,1-10H3. The van der Waals surface area contributed by atoms with E-state index in [2.05, 4.69) is 55.4 Å². The molecule has 0 aliphatic rings. The quantitative estimate of drug-likeness (QED) is 0.390. The number of ether oxygens (including phenoxy) is 1. The molecular formula is C23H46O2. The molecule has 0 aliphatic heterocycles. The lowest BCUT2D eigenvalue weighted by Crippen LogP contribution is -2.26. The molecule has 0 aromatic carbocycles. The maximum absolute atomic E-state index is 12.1. The van der Waals surface area contributed by atoms with Gasteiger partial charge in [-0.15, -0.1) is 0 Å². The Hall–Kier alpha value is -0.530. The van der Waals surface area contributed by atoms with E-state index < -0.39 is 0 Å². The fraction of sp³-hybridized carbons (Fsp3) is 0.957. The van der Waals surface area contributed by atoms with E-state index in [4.69, 9.17) is 4.74 Å². The number of carbonyl (C=O) groups is 1. The van der Waals surface area contributed by atoms with Crippen molar-refractivity contribution in [2.24, 2.45) is 34.5 Å². The first kappa shape index (κ1) is 24.5. The van der Waals surface area contributed by atoms with Crippen molar-refractivity contribution in [2.75, 3.05) is 6.61 Å². The number of hydrogen-bond donors (Lipinski definition) is 0. The van der Waals surface area contributed by atoms with Crippen LogP contribution < -0.4 is 0 Å². The first-order chi connectivity index (χ1) is 11.2. The van der Waals surface area contributed by atoms with Gasteiger partial charge in [-0.25, -0.2) is 0 Å². The molecule has 0 heterocycles. The summed E-state index contributed by atoms with van der Waals surface area (Å²) in [5.41, 5.74) is 0.699. The second kappa shape index (κ2) is 10.6. The number of esters is 1. The summed E-state index contributed by atoms with van der Waals surface area (Å²) in [7, 11) is 0. The predicted octanol–water partition coefficient (Wildman–Crippen LogP) is 7.12. The Bertz CT molecular complexity index is 373. The number of rotatable bonds is 10. The SMILES string of the molecule is CCC(C)C(=O)OCC(CCC(C)CC(C)(C)C)C(C)CC(C)(C)C. The molecule has 0 saturated heterocycles. The second-order valence-corrected chi connectivity index (χ2v) is 10.9. The van der Waals surface area contributed by atoms with E-state index in [1.807, 2.05) is 13.8 Å². The van der Waals surface area contributed by atoms with Crippen molar-refractivity contribution >= 4 is 5.97 Å². The Kier molecular flexibility index (Phi) is 10.4. The average Bonchev–Trinajstić information content (AvgIpc) is 2.42. The normalized spacial score (nSPS) is 17.7. The second-order valence-electron chi connectivity index (χ2n) is 10.9. The minimum atomic E-state index is -0.0294. The van der Waals surface area contributed by atoms with E-state index in [1.54, 1.807) is 0 Å². The van der Waals surface area contributed by atoms with Crippen molar-refractivity contribution in [1.82, 2.24) is 0 Å². The summed E-state index contributed by atoms with van der Waals surface area (Å²) >= 11 is 0. The number of carbonyl (C=O) groups excluding carboxylic acids is 1. The Morgan fingerprint density at radius 1 is 0.880 bits per heavy atom. The molecule has 0 fully saturated rings. The first-order valence-electron chi connectivity index (χ1n) is 10.4. The van der Waals surface area contributed by atoms with Crippen LogP contribution in [0.25, 0.3) is 0 Å². The lowest BCUT2D eigenvalue weighted by Gasteiger charge is -2.31. The Morgan fingerprint density at radius 3 is 1.84 bits per heavy atom. The van der Waals surface area contributed by atoms with Gasteiger partial charge in [0.25, 0.3) is 0 Å². The Balaban J connectivity index is 4.75. The molecular weight excluding hydrogens is 308 g/mol. The summed E-state index contributed by atoms with van der Waals surface area (Å²) in [6, 6.07) is 0. The highest BCUT2D eigenvalue weighted by molar-refractivity contribution is 5.71. The van der Waals surface area contributed by atoms with Crippen LogP contribution in [0.4, 0.5) is 0 Å². The van der Waals surface area contributed by atoms with Crippen LogP contribution in [0.3, 0.4) is 0 Å². The predicted molar refractivity (Wildman–Crippen MR) is 110 cm³/mol. The lowest BCUT2D eigenvalue weighted by atomic mass is 9.76. The molecule has 2 heteroatoms. The van der Waals surface area contributed by atoms with Crippen molar-refractivity contribution in [2.45, 2.75) is 101 Å². The summed E-state index contributed by atoms with van der Waals surface area (Å²) in [6.45, 7) is 23.1. The van der Waals surface area contributed by atoms with Crippen LogP contribution in [0.2, 0.25) is 0 Å². The summed E-state index contributed by atoms with van der Waals surface area (Å²) < 4.78 is 5.69. The fourth-order valence-electron chi connectivity index (χ4n) is 3.81. The van der Waals surface area contributed by atoms with Gasteiger partial charge in [0, 0.05) is 0 Å². The van der Waals surface area contributed by atoms with Gasteiger partial charge in [-0.2, -0.15) is 0 Å². The molecule has 0 bridgehead atoms. The molecule has 0 aliphatic carbocycles. The highest BCUT2D eigenvalue weighted by Gasteiger charge is 2.26. The largest absolute Gasteiger partial charge is 0.465 e. The van der Waals surface area contributed by atoms with Crippen LogP contribution in [0.15, 0.2) is 0 Å². The molecule has 0 aromatic rings. The molecule has 0 rings (SSSR count). The third-order valence-electron chi connectivity index (χ3n) is 5.18. The van der Waals surface area contributed by atoms with E-state index in [0.29, 0.717) is 29.3 Å². The third kappa shape index (κ3) is 12.5. The van der Waals surface area contributed by atoms with Gasteiger partial charge in [0.05, 0.1) is 12.5 Å². The molecule has 4 unspecified atom stereocenters. The zero-order valence-electron chi connectivity index (χ0n) is 18.9. The number of hydrogen-bond acceptors (Lipinski definition) is 2. The summed E-state index contributed by atoms with van der Waals surface area (Å²) in [5, 5.41) is 0. The smallest absolute Gasteiger partial charge is 0.308 e. The molecule has 0 aromatic heterocycles. The van der Waals surface area contributed by atoms with Gasteiger partial charge in [0.15, 0.2) is 0 Å². The highest BCUT2D eigenvalue weighted by atomic mass is 16.5. The summed E-state index contributed by atoms with van der Waals surface area (Å²) in [6.07, 6.45) is 5.65. The van der Waals surface area contributed by atoms with Crippen molar-refractivity contribution in [3.05, 3.63) is 0 Å². The van der Waals surface area contributed by atoms with Gasteiger partial charge in [-0.05, 0) is 54.3 Å². The molecule has 2 nitrogen and oxygen atoms in total. The lowest BCUT2D eigenvalue weighted by molar-refractivity contribution is -0.150. The first-order valence-corrected chi connectivity index (χ1v) is 10.4. The zero-order valence-corrected chi connectivity index (χ0v) is 18.9. The highest BCUT2D eigenvalue weighted by Crippen LogP contribution is 2.33. The average molecular weight is 355 g/mol. The molecule has 0 radical (unpaired) electrons. The Labute approximate surface area is 158 Å². The molecule has 0 amide bonds. The molecule has 150 valence electrons. The van der Waals surface area contributed by atoms with Crippen LogP contribution >= 0.6 is 0 Å². The molecule has 0 N–H and O–H groups in total. The Morgan fingerprint density at radius 2 is 1.40 bits per heavy atom. The zero-order chi connectivity index (χ0) is 19.8. The van der Waals surface area contributed by atoms with Crippen LogP contribution in [0, 0.1) is 34.5 Å². The van der Waals surface area contributed by atoms with Crippen molar-refractivity contribution in [3.8, 4) is 0 Å². The maximum atomic E-state index is 12.1. The minimum absolute atomic E-state index is 0.0124. The van der Waals surface area contributed by atoms with E-state index in [9.17, 15) is 4.79 Å². The van der Waals surface area contributed by atoms with Crippen LogP contribution in [0.1, 0.15) is 101 Å². The molecule has 4 atom stereocenters. The molecule has 0 saturated carbocycles. The van der Waals surface area contributed by atoms with Gasteiger partial charge < -0.3 is 4.74 Å². The molecule has 25 heavy (non-hydrogen) atoms. The van der Waals surface area contributed by atoms with Crippen molar-refractivity contribution in [3.63, 3.8) is 0 Å². The minimum Gasteiger partial charge on any atom is -0.465 e. The van der Waals surface area contributed by atoms with Crippen molar-refractivity contribution < 1.29 is 9.53 Å². The van der Waals surface area contributed by atoms with Crippen molar-refractivity contribution in [1.29, 1.82) is 0 Å². The van der Waals surface area contributed by atoms with Crippen LogP contribution in [-0.4, -0.2) is 12.6 Å². The summed E-state index contributed by atoms with van der Waals surface area (Å²) in [4.78, 5) is 12.1. The topological polar surface area (TPSA) is 26.3 Å². The van der Waals surface area contributed by atoms with E-state index in [-0.39, 0.29) is 11.9 Å². The van der Waals surface area contributed by atoms with Gasteiger partial charge in [0.2, 0.25) is 0 Å². The van der Waals surface area contributed by atoms with E-state index in [0.717, 1.165) is 18.8 Å². The van der Waals surface area contributed by atoms with Crippen LogP contribution in [-0.2, 0) is 9.53 Å². The van der Waals surface area contributed by atoms with Gasteiger partial charge in [-0.3, -0.25) is 4.79 Å². The van der Waals surface area contributed by atoms with E-state index in [1.165, 1.54) is 19.3 Å². The summed E-state index contributed by atoms with van der Waals surface area (Å²) in [5.74, 6) is 1.74. The fourth-order valence-corrected chi connectivity index (χ4v) is 3.81. The van der Waals surface area contributed by atoms with Gasteiger partial charge in [0.1, 0.15) is 0 Å². The third-order valence-corrected chi connectivity index (χ3v) is 5.18. The van der Waals surface area contributed by atoms with Crippen LogP contribution in [0.5, 0.6) is 0 Å². The maximum Gasteiger partial charge on any atom is 0.308 e. The van der Waals surface area contributed by atoms with E-state index >= 15 is 0 Å². The van der Waals surface area contributed by atoms with Gasteiger partial charge in [-0.1, -0.05) is 75.7 Å². The monoisotopic (exact) mass is 354 g/mol.